The fourth-order valence-electron chi connectivity index (χ4n) is 2.29. The molecule has 0 radical (unpaired) electrons. The Hall–Kier alpha value is -0.870. The number of nitrogen functional groups attached to an aromatic ring is 1. The molecule has 0 spiro atoms. The molecular formula is C13H23ClN4. The third-order valence-electron chi connectivity index (χ3n) is 2.49. The molecule has 4 nitrogen and oxygen atoms in total. The maximum atomic E-state index is 5.85. The van der Waals surface area contributed by atoms with Gasteiger partial charge in [0.2, 0.25) is 5.95 Å². The molecule has 1 aromatic rings. The average molecular weight is 271 g/mol. The van der Waals surface area contributed by atoms with E-state index in [0.29, 0.717) is 11.7 Å². The Labute approximate surface area is 114 Å². The minimum Gasteiger partial charge on any atom is -0.368 e. The fourth-order valence-corrected chi connectivity index (χ4v) is 2.50. The number of nitrogens with two attached hydrogens (primary N) is 1. The lowest BCUT2D eigenvalue weighted by Gasteiger charge is -2.33. The van der Waals surface area contributed by atoms with Crippen LogP contribution in [0, 0.1) is 5.41 Å². The lowest BCUT2D eigenvalue weighted by atomic mass is 9.82. The second-order valence-corrected chi connectivity index (χ2v) is 6.90. The van der Waals surface area contributed by atoms with Crippen molar-refractivity contribution in [3.63, 3.8) is 0 Å². The lowest BCUT2D eigenvalue weighted by molar-refractivity contribution is 0.240. The normalized spacial score (nSPS) is 12.8. The summed E-state index contributed by atoms with van der Waals surface area (Å²) in [6.07, 6.45) is 1.06. The highest BCUT2D eigenvalue weighted by Crippen LogP contribution is 2.27. The van der Waals surface area contributed by atoms with Gasteiger partial charge in [0, 0.05) is 12.1 Å². The standard InChI is InChI=1S/C13H23ClN4/c1-12(2,3)8-13(4,5)16-7-9-6-10(14)18-11(15)17-9/h6,16H,7-8H2,1-5H3,(H2,15,17,18). The molecular weight excluding hydrogens is 248 g/mol. The summed E-state index contributed by atoms with van der Waals surface area (Å²) < 4.78 is 0. The van der Waals surface area contributed by atoms with Crippen molar-refractivity contribution < 1.29 is 0 Å². The van der Waals surface area contributed by atoms with E-state index in [9.17, 15) is 0 Å². The minimum absolute atomic E-state index is 0.0322. The van der Waals surface area contributed by atoms with E-state index in [0.717, 1.165) is 12.1 Å². The van der Waals surface area contributed by atoms with Crippen LogP contribution < -0.4 is 11.1 Å². The maximum Gasteiger partial charge on any atom is 0.221 e. The monoisotopic (exact) mass is 270 g/mol. The van der Waals surface area contributed by atoms with Gasteiger partial charge in [0.15, 0.2) is 0 Å². The molecule has 0 aliphatic carbocycles. The Morgan fingerprint density at radius 1 is 1.22 bits per heavy atom. The Morgan fingerprint density at radius 3 is 2.33 bits per heavy atom. The van der Waals surface area contributed by atoms with Gasteiger partial charge in [-0.15, -0.1) is 0 Å². The van der Waals surface area contributed by atoms with Crippen molar-refractivity contribution in [3.05, 3.63) is 16.9 Å². The zero-order valence-corrected chi connectivity index (χ0v) is 12.6. The molecule has 0 fully saturated rings. The first-order valence-corrected chi connectivity index (χ1v) is 6.49. The molecule has 0 aliphatic heterocycles. The van der Waals surface area contributed by atoms with E-state index in [1.54, 1.807) is 6.07 Å². The Morgan fingerprint density at radius 2 is 1.83 bits per heavy atom. The molecule has 1 rings (SSSR count). The number of hydrogen-bond acceptors (Lipinski definition) is 4. The molecule has 3 N–H and O–H groups in total. The minimum atomic E-state index is 0.0322. The molecule has 1 heterocycles. The van der Waals surface area contributed by atoms with Crippen molar-refractivity contribution in [2.24, 2.45) is 5.41 Å². The highest BCUT2D eigenvalue weighted by atomic mass is 35.5. The van der Waals surface area contributed by atoms with Crippen LogP contribution in [-0.4, -0.2) is 15.5 Å². The molecule has 0 saturated heterocycles. The van der Waals surface area contributed by atoms with Gasteiger partial charge in [-0.2, -0.15) is 0 Å². The summed E-state index contributed by atoms with van der Waals surface area (Å²) in [6, 6.07) is 1.73. The van der Waals surface area contributed by atoms with E-state index in [1.165, 1.54) is 0 Å². The molecule has 0 unspecified atom stereocenters. The number of nitrogens with zero attached hydrogens (tertiary/aromatic N) is 2. The van der Waals surface area contributed by atoms with Crippen molar-refractivity contribution in [2.45, 2.75) is 53.1 Å². The van der Waals surface area contributed by atoms with Crippen molar-refractivity contribution >= 4 is 17.5 Å². The Balaban J connectivity index is 2.64. The molecule has 18 heavy (non-hydrogen) atoms. The van der Waals surface area contributed by atoms with Gasteiger partial charge in [-0.3, -0.25) is 0 Å². The number of halogens is 1. The number of nitrogens with one attached hydrogen (secondary N) is 1. The van der Waals surface area contributed by atoms with Gasteiger partial charge < -0.3 is 11.1 Å². The average Bonchev–Trinajstić information content (AvgIpc) is 2.09. The van der Waals surface area contributed by atoms with Gasteiger partial charge in [0.1, 0.15) is 5.15 Å². The van der Waals surface area contributed by atoms with Crippen LogP contribution in [-0.2, 0) is 6.54 Å². The first kappa shape index (κ1) is 15.2. The Bertz CT molecular complexity index is 390. The Kier molecular flexibility index (Phi) is 4.56. The molecule has 0 amide bonds. The second-order valence-electron chi connectivity index (χ2n) is 6.52. The summed E-state index contributed by atoms with van der Waals surface area (Å²) in [5.74, 6) is 0.216. The van der Waals surface area contributed by atoms with E-state index < -0.39 is 0 Å². The first-order valence-electron chi connectivity index (χ1n) is 6.11. The summed E-state index contributed by atoms with van der Waals surface area (Å²) >= 11 is 5.85. The van der Waals surface area contributed by atoms with Gasteiger partial charge in [-0.1, -0.05) is 32.4 Å². The number of rotatable bonds is 4. The lowest BCUT2D eigenvalue weighted by Crippen LogP contribution is -2.42. The number of hydrogen-bond donors (Lipinski definition) is 2. The molecule has 0 aliphatic rings. The fraction of sp³-hybridized carbons (Fsp3) is 0.692. The van der Waals surface area contributed by atoms with Gasteiger partial charge in [0.25, 0.3) is 0 Å². The van der Waals surface area contributed by atoms with Gasteiger partial charge in [0.05, 0.1) is 5.69 Å². The topological polar surface area (TPSA) is 63.8 Å². The molecule has 0 atom stereocenters. The summed E-state index contributed by atoms with van der Waals surface area (Å²) in [4.78, 5) is 8.00. The van der Waals surface area contributed by atoms with E-state index >= 15 is 0 Å². The van der Waals surface area contributed by atoms with Crippen LogP contribution in [0.25, 0.3) is 0 Å². The van der Waals surface area contributed by atoms with E-state index in [1.807, 2.05) is 0 Å². The number of anilines is 1. The highest BCUT2D eigenvalue weighted by molar-refractivity contribution is 6.29. The van der Waals surface area contributed by atoms with Crippen LogP contribution in [0.2, 0.25) is 5.15 Å². The smallest absolute Gasteiger partial charge is 0.221 e. The van der Waals surface area contributed by atoms with Crippen molar-refractivity contribution in [1.29, 1.82) is 0 Å². The largest absolute Gasteiger partial charge is 0.368 e. The quantitative estimate of drug-likeness (QED) is 0.826. The molecule has 5 heteroatoms. The van der Waals surface area contributed by atoms with Gasteiger partial charge in [-0.25, -0.2) is 9.97 Å². The third kappa shape index (κ3) is 5.65. The molecule has 0 bridgehead atoms. The van der Waals surface area contributed by atoms with Crippen molar-refractivity contribution in [2.75, 3.05) is 5.73 Å². The summed E-state index contributed by atoms with van der Waals surface area (Å²) in [7, 11) is 0. The molecule has 0 aromatic carbocycles. The van der Waals surface area contributed by atoms with Crippen LogP contribution in [0.15, 0.2) is 6.07 Å². The van der Waals surface area contributed by atoms with Gasteiger partial charge >= 0.3 is 0 Å². The zero-order chi connectivity index (χ0) is 14.0. The van der Waals surface area contributed by atoms with Crippen molar-refractivity contribution in [1.82, 2.24) is 15.3 Å². The van der Waals surface area contributed by atoms with Crippen molar-refractivity contribution in [3.8, 4) is 0 Å². The van der Waals surface area contributed by atoms with Crippen LogP contribution in [0.3, 0.4) is 0 Å². The van der Waals surface area contributed by atoms with Crippen LogP contribution >= 0.6 is 11.6 Å². The van der Waals surface area contributed by atoms with E-state index in [-0.39, 0.29) is 16.9 Å². The maximum absolute atomic E-state index is 5.85. The van der Waals surface area contributed by atoms with Crippen LogP contribution in [0.5, 0.6) is 0 Å². The summed E-state index contributed by atoms with van der Waals surface area (Å²) in [5, 5.41) is 3.86. The summed E-state index contributed by atoms with van der Waals surface area (Å²) in [5.41, 5.74) is 6.69. The van der Waals surface area contributed by atoms with Crippen LogP contribution in [0.4, 0.5) is 5.95 Å². The van der Waals surface area contributed by atoms with E-state index in [2.05, 4.69) is 49.9 Å². The predicted octanol–water partition coefficient (Wildman–Crippen LogP) is 3.02. The van der Waals surface area contributed by atoms with E-state index in [4.69, 9.17) is 17.3 Å². The van der Waals surface area contributed by atoms with Gasteiger partial charge in [-0.05, 0) is 31.7 Å². The summed E-state index contributed by atoms with van der Waals surface area (Å²) in [6.45, 7) is 11.7. The molecule has 0 saturated carbocycles. The highest BCUT2D eigenvalue weighted by Gasteiger charge is 2.24. The molecule has 1 aromatic heterocycles. The zero-order valence-electron chi connectivity index (χ0n) is 11.8. The first-order chi connectivity index (χ1) is 8.07. The SMILES string of the molecule is CC(C)(C)CC(C)(C)NCc1cc(Cl)nc(N)n1. The third-order valence-corrected chi connectivity index (χ3v) is 2.68. The predicted molar refractivity (Wildman–Crippen MR) is 76.4 cm³/mol. The van der Waals surface area contributed by atoms with Crippen LogP contribution in [0.1, 0.15) is 46.7 Å². The second kappa shape index (κ2) is 5.41. The number of aromatic nitrogens is 2. The molecule has 102 valence electrons.